The van der Waals surface area contributed by atoms with Crippen molar-refractivity contribution in [1.29, 1.82) is 0 Å². The van der Waals surface area contributed by atoms with E-state index in [1.54, 1.807) is 14.1 Å². The van der Waals surface area contributed by atoms with E-state index in [9.17, 15) is 29.8 Å². The minimum Gasteiger partial charge on any atom is -0.339 e. The van der Waals surface area contributed by atoms with Gasteiger partial charge in [-0.05, 0) is 24.3 Å². The first-order valence-electron chi connectivity index (χ1n) is 8.02. The van der Waals surface area contributed by atoms with E-state index in [0.717, 1.165) is 0 Å². The fourth-order valence-electron chi connectivity index (χ4n) is 2.84. The average Bonchev–Trinajstić information content (AvgIpc) is 2.70. The van der Waals surface area contributed by atoms with Crippen LogP contribution in [0.3, 0.4) is 0 Å². The van der Waals surface area contributed by atoms with E-state index in [-0.39, 0.29) is 22.7 Å². The molecular weight excluding hydrogens is 368 g/mol. The predicted molar refractivity (Wildman–Crippen MR) is 104 cm³/mol. The third kappa shape index (κ3) is 3.07. The van der Waals surface area contributed by atoms with Crippen molar-refractivity contribution in [2.45, 2.75) is 0 Å². The molecule has 0 aliphatic carbocycles. The van der Waals surface area contributed by atoms with E-state index in [4.69, 9.17) is 0 Å². The lowest BCUT2D eigenvalue weighted by Gasteiger charge is -2.28. The summed E-state index contributed by atoms with van der Waals surface area (Å²) in [5.74, 6) is 0. The van der Waals surface area contributed by atoms with Gasteiger partial charge in [-0.2, -0.15) is 0 Å². The van der Waals surface area contributed by atoms with Gasteiger partial charge in [-0.1, -0.05) is 0 Å². The molecule has 0 N–H and O–H groups in total. The lowest BCUT2D eigenvalue weighted by Crippen LogP contribution is -2.41. The van der Waals surface area contributed by atoms with E-state index in [2.05, 4.69) is 0 Å². The van der Waals surface area contributed by atoms with E-state index in [0.29, 0.717) is 11.4 Å². The molecule has 0 radical (unpaired) electrons. The Kier molecular flexibility index (Phi) is 4.62. The second-order valence-electron chi connectivity index (χ2n) is 6.02. The maximum atomic E-state index is 12.2. The van der Waals surface area contributed by atoms with Gasteiger partial charge in [0.1, 0.15) is 11.4 Å². The van der Waals surface area contributed by atoms with Gasteiger partial charge < -0.3 is 9.80 Å². The maximum Gasteiger partial charge on any atom is 0.269 e. The van der Waals surface area contributed by atoms with Gasteiger partial charge >= 0.3 is 0 Å². The minimum absolute atomic E-state index is 0.0923. The molecule has 0 aromatic heterocycles. The van der Waals surface area contributed by atoms with Crippen molar-refractivity contribution in [3.05, 3.63) is 89.2 Å². The topological polar surface area (TPSA) is 127 Å². The van der Waals surface area contributed by atoms with E-state index < -0.39 is 20.7 Å². The van der Waals surface area contributed by atoms with Crippen LogP contribution in [-0.2, 0) is 0 Å². The van der Waals surface area contributed by atoms with Crippen LogP contribution in [0.5, 0.6) is 0 Å². The zero-order chi connectivity index (χ0) is 20.6. The molecule has 142 valence electrons. The molecule has 10 heteroatoms. The lowest BCUT2D eigenvalue weighted by atomic mass is 10.1. The molecule has 0 aliphatic rings. The minimum atomic E-state index is -0.676. The third-order valence-corrected chi connectivity index (χ3v) is 4.43. The van der Waals surface area contributed by atoms with Crippen molar-refractivity contribution < 1.29 is 9.85 Å². The Balaban J connectivity index is 1.95. The first kappa shape index (κ1) is 18.7. The van der Waals surface area contributed by atoms with Crippen LogP contribution < -0.4 is 20.7 Å². The number of nitro groups is 2. The van der Waals surface area contributed by atoms with Crippen molar-refractivity contribution >= 4 is 34.1 Å². The Labute approximate surface area is 157 Å². The highest BCUT2D eigenvalue weighted by Gasteiger charge is 2.28. The molecular formula is C18H14N4O6. The second kappa shape index (κ2) is 6.91. The molecule has 28 heavy (non-hydrogen) atoms. The molecule has 0 fully saturated rings. The van der Waals surface area contributed by atoms with Crippen LogP contribution in [0.2, 0.25) is 0 Å². The predicted octanol–water partition coefficient (Wildman–Crippen LogP) is 2.63. The fraction of sp³-hybridized carbons (Fsp3) is 0.111. The quantitative estimate of drug-likeness (QED) is 0.362. The second-order valence-corrected chi connectivity index (χ2v) is 6.02. The van der Waals surface area contributed by atoms with Crippen LogP contribution in [-0.4, -0.2) is 23.9 Å². The van der Waals surface area contributed by atoms with Crippen molar-refractivity contribution in [3.63, 3.8) is 0 Å². The smallest absolute Gasteiger partial charge is 0.269 e. The summed E-state index contributed by atoms with van der Waals surface area (Å²) < 4.78 is 0. The highest BCUT2D eigenvalue weighted by Crippen LogP contribution is 2.33. The zero-order valence-corrected chi connectivity index (χ0v) is 14.9. The van der Waals surface area contributed by atoms with Crippen molar-refractivity contribution in [2.75, 3.05) is 23.9 Å². The number of hydrogen-bond donors (Lipinski definition) is 0. The number of rotatable bonds is 6. The van der Waals surface area contributed by atoms with E-state index in [1.807, 2.05) is 0 Å². The molecule has 0 heterocycles. The van der Waals surface area contributed by atoms with E-state index in [1.165, 1.54) is 58.3 Å². The summed E-state index contributed by atoms with van der Waals surface area (Å²) in [6.45, 7) is 0. The highest BCUT2D eigenvalue weighted by molar-refractivity contribution is 5.84. The Morgan fingerprint density at radius 2 is 0.929 bits per heavy atom. The third-order valence-electron chi connectivity index (χ3n) is 4.43. The first-order chi connectivity index (χ1) is 13.2. The Morgan fingerprint density at radius 1 is 0.643 bits per heavy atom. The van der Waals surface area contributed by atoms with Crippen LogP contribution in [0.1, 0.15) is 0 Å². The van der Waals surface area contributed by atoms with Gasteiger partial charge in [0.2, 0.25) is 0 Å². The van der Waals surface area contributed by atoms with Crippen molar-refractivity contribution in [3.8, 4) is 0 Å². The van der Waals surface area contributed by atoms with Gasteiger partial charge in [-0.3, -0.25) is 29.8 Å². The molecule has 0 unspecified atom stereocenters. The molecule has 0 bridgehead atoms. The summed E-state index contributed by atoms with van der Waals surface area (Å²) in [7, 11) is 3.15. The Morgan fingerprint density at radius 3 is 1.18 bits per heavy atom. The van der Waals surface area contributed by atoms with Crippen molar-refractivity contribution in [2.24, 2.45) is 0 Å². The van der Waals surface area contributed by atoms with E-state index >= 15 is 0 Å². The molecule has 3 aromatic carbocycles. The van der Waals surface area contributed by atoms with Crippen LogP contribution in [0, 0.1) is 20.2 Å². The summed E-state index contributed by atoms with van der Waals surface area (Å²) in [4.78, 5) is 47.8. The molecule has 0 saturated carbocycles. The molecule has 0 saturated heterocycles. The van der Waals surface area contributed by atoms with Gasteiger partial charge in [0.05, 0.1) is 9.85 Å². The average molecular weight is 382 g/mol. The first-order valence-corrected chi connectivity index (χ1v) is 8.02. The molecule has 0 amide bonds. The standard InChI is InChI=1S/C18H14N4O6/c1-19(11-3-7-13(8-4-11)21(25)26)15-16(18(24)17(15)23)20(2)12-5-9-14(10-6-12)22(27)28/h3-10H,1-2H3. The molecule has 0 atom stereocenters. The highest BCUT2D eigenvalue weighted by atomic mass is 16.6. The van der Waals surface area contributed by atoms with Gasteiger partial charge in [0.25, 0.3) is 22.2 Å². The maximum absolute atomic E-state index is 12.2. The van der Waals surface area contributed by atoms with Crippen LogP contribution in [0.25, 0.3) is 0 Å². The van der Waals surface area contributed by atoms with Gasteiger partial charge in [-0.25, -0.2) is 0 Å². The van der Waals surface area contributed by atoms with Gasteiger partial charge in [0, 0.05) is 49.7 Å². The summed E-state index contributed by atoms with van der Waals surface area (Å²) in [5.41, 5.74) is -0.267. The van der Waals surface area contributed by atoms with Crippen LogP contribution in [0.4, 0.5) is 34.1 Å². The van der Waals surface area contributed by atoms with Crippen molar-refractivity contribution in [1.82, 2.24) is 0 Å². The van der Waals surface area contributed by atoms with Gasteiger partial charge in [-0.15, -0.1) is 0 Å². The number of benzene rings is 2. The Bertz CT molecular complexity index is 1040. The number of anilines is 4. The number of non-ortho nitro benzene ring substituents is 2. The monoisotopic (exact) mass is 382 g/mol. The summed E-state index contributed by atoms with van der Waals surface area (Å²) >= 11 is 0. The summed E-state index contributed by atoms with van der Waals surface area (Å²) in [6, 6.07) is 11.1. The normalized spacial score (nSPS) is 10.6. The molecule has 3 rings (SSSR count). The fourth-order valence-corrected chi connectivity index (χ4v) is 2.84. The lowest BCUT2D eigenvalue weighted by molar-refractivity contribution is -0.385. The summed E-state index contributed by atoms with van der Waals surface area (Å²) in [5, 5.41) is 21.6. The summed E-state index contributed by atoms with van der Waals surface area (Å²) in [6.07, 6.45) is 0. The van der Waals surface area contributed by atoms with Gasteiger partial charge in [0.15, 0.2) is 0 Å². The van der Waals surface area contributed by atoms with Crippen LogP contribution >= 0.6 is 0 Å². The van der Waals surface area contributed by atoms with Crippen LogP contribution in [0.15, 0.2) is 58.1 Å². The number of nitro benzene ring substituents is 2. The number of nitrogens with zero attached hydrogens (tertiary/aromatic N) is 4. The molecule has 3 aromatic rings. The number of hydrogen-bond acceptors (Lipinski definition) is 8. The SMILES string of the molecule is CN(c1ccc([N+](=O)[O-])cc1)c1c(N(C)c2ccc([N+](=O)[O-])cc2)c(=O)c1=O. The molecule has 0 spiro atoms. The molecule has 10 nitrogen and oxygen atoms in total. The zero-order valence-electron chi connectivity index (χ0n) is 14.9. The molecule has 0 aliphatic heterocycles. The Hall–Kier alpha value is -4.08. The largest absolute Gasteiger partial charge is 0.339 e.